The van der Waals surface area contributed by atoms with E-state index in [2.05, 4.69) is 9.59 Å². The molecule has 1 aromatic carbocycles. The summed E-state index contributed by atoms with van der Waals surface area (Å²) in [7, 11) is -3.35. The van der Waals surface area contributed by atoms with Crippen molar-refractivity contribution in [1.29, 1.82) is 0 Å². The van der Waals surface area contributed by atoms with Gasteiger partial charge in [-0.3, -0.25) is 0 Å². The molecule has 1 heterocycles. The Bertz CT molecular complexity index is 605. The van der Waals surface area contributed by atoms with Gasteiger partial charge in [0.15, 0.2) is 14.0 Å². The molecule has 0 aliphatic heterocycles. The second-order valence-corrected chi connectivity index (χ2v) is 6.15. The molecule has 0 aliphatic rings. The predicted octanol–water partition coefficient (Wildman–Crippen LogP) is 1.75. The van der Waals surface area contributed by atoms with Crippen molar-refractivity contribution in [3.05, 3.63) is 30.1 Å². The number of nitrogens with zero attached hydrogens (tertiary/aromatic N) is 2. The summed E-state index contributed by atoms with van der Waals surface area (Å²) in [5.41, 5.74) is 0.808. The van der Waals surface area contributed by atoms with Gasteiger partial charge in [-0.05, 0) is 24.3 Å². The Morgan fingerprint density at radius 1 is 1.25 bits per heavy atom. The van der Waals surface area contributed by atoms with Gasteiger partial charge in [-0.1, -0.05) is 4.49 Å². The maximum absolute atomic E-state index is 12.7. The van der Waals surface area contributed by atoms with Gasteiger partial charge in [0.25, 0.3) is 0 Å². The van der Waals surface area contributed by atoms with Gasteiger partial charge in [-0.2, -0.15) is 0 Å². The van der Waals surface area contributed by atoms with E-state index in [1.807, 2.05) is 0 Å². The van der Waals surface area contributed by atoms with Gasteiger partial charge in [0.2, 0.25) is 0 Å². The van der Waals surface area contributed by atoms with Crippen LogP contribution >= 0.6 is 11.5 Å². The van der Waals surface area contributed by atoms with Gasteiger partial charge in [-0.25, -0.2) is 12.8 Å². The normalized spacial score (nSPS) is 11.6. The van der Waals surface area contributed by atoms with E-state index in [0.29, 0.717) is 5.56 Å². The zero-order valence-corrected chi connectivity index (χ0v) is 9.85. The maximum atomic E-state index is 12.7. The monoisotopic (exact) mass is 258 g/mol. The van der Waals surface area contributed by atoms with Gasteiger partial charge in [0.1, 0.15) is 11.5 Å². The summed E-state index contributed by atoms with van der Waals surface area (Å²) in [5, 5.41) is 3.75. The molecule has 0 radical (unpaired) electrons. The topological polar surface area (TPSA) is 59.9 Å². The predicted molar refractivity (Wildman–Crippen MR) is 58.4 cm³/mol. The zero-order chi connectivity index (χ0) is 11.8. The number of hydrogen-bond donors (Lipinski definition) is 0. The molecular weight excluding hydrogens is 251 g/mol. The van der Waals surface area contributed by atoms with Crippen LogP contribution in [-0.2, 0) is 9.84 Å². The number of aromatic nitrogens is 2. The van der Waals surface area contributed by atoms with Crippen molar-refractivity contribution >= 4 is 21.4 Å². The number of benzene rings is 1. The first-order chi connectivity index (χ1) is 7.48. The van der Waals surface area contributed by atoms with Crippen molar-refractivity contribution < 1.29 is 12.8 Å². The third-order valence-corrected chi connectivity index (χ3v) is 4.43. The first-order valence-electron chi connectivity index (χ1n) is 4.27. The Kier molecular flexibility index (Phi) is 2.73. The summed E-state index contributed by atoms with van der Waals surface area (Å²) in [6.45, 7) is 0. The van der Waals surface area contributed by atoms with E-state index in [1.54, 1.807) is 0 Å². The molecule has 0 saturated heterocycles. The van der Waals surface area contributed by atoms with E-state index < -0.39 is 9.84 Å². The zero-order valence-electron chi connectivity index (χ0n) is 8.21. The van der Waals surface area contributed by atoms with Crippen LogP contribution in [0, 0.1) is 5.82 Å². The summed E-state index contributed by atoms with van der Waals surface area (Å²) in [6, 6.07) is 5.45. The molecule has 0 bridgehead atoms. The van der Waals surface area contributed by atoms with Crippen LogP contribution in [0.2, 0.25) is 0 Å². The number of hydrogen-bond acceptors (Lipinski definition) is 5. The van der Waals surface area contributed by atoms with Crippen LogP contribution in [0.5, 0.6) is 0 Å². The smallest absolute Gasteiger partial charge is 0.188 e. The molecule has 0 unspecified atom stereocenters. The fourth-order valence-corrected chi connectivity index (χ4v) is 2.80. The number of sulfone groups is 1. The Morgan fingerprint density at radius 3 is 2.44 bits per heavy atom. The van der Waals surface area contributed by atoms with Gasteiger partial charge >= 0.3 is 0 Å². The average Bonchev–Trinajstić information content (AvgIpc) is 2.66. The third-order valence-electron chi connectivity index (χ3n) is 1.91. The molecule has 0 atom stereocenters. The molecule has 0 fully saturated rings. The summed E-state index contributed by atoms with van der Waals surface area (Å²) in [5.74, 6) is -0.382. The molecule has 0 N–H and O–H groups in total. The molecule has 0 saturated carbocycles. The number of rotatable bonds is 2. The molecule has 0 aliphatic carbocycles. The lowest BCUT2D eigenvalue weighted by Crippen LogP contribution is -1.96. The van der Waals surface area contributed by atoms with Crippen LogP contribution in [0.25, 0.3) is 11.3 Å². The molecule has 16 heavy (non-hydrogen) atoms. The Morgan fingerprint density at radius 2 is 1.88 bits per heavy atom. The lowest BCUT2D eigenvalue weighted by atomic mass is 10.2. The lowest BCUT2D eigenvalue weighted by Gasteiger charge is -1.98. The molecule has 0 amide bonds. The average molecular weight is 258 g/mol. The van der Waals surface area contributed by atoms with Crippen molar-refractivity contribution in [3.8, 4) is 11.3 Å². The first kappa shape index (κ1) is 11.2. The lowest BCUT2D eigenvalue weighted by molar-refractivity contribution is 0.604. The number of halogens is 1. The Balaban J connectivity index is 2.58. The molecule has 1 aromatic heterocycles. The molecule has 0 spiro atoms. The largest absolute Gasteiger partial charge is 0.223 e. The minimum absolute atomic E-state index is 0.0964. The molecule has 84 valence electrons. The SMILES string of the molecule is CS(=O)(=O)c1snnc1-c1ccc(F)cc1. The van der Waals surface area contributed by atoms with E-state index in [9.17, 15) is 12.8 Å². The van der Waals surface area contributed by atoms with Crippen LogP contribution in [0.3, 0.4) is 0 Å². The maximum Gasteiger partial charge on any atom is 0.188 e. The first-order valence-corrected chi connectivity index (χ1v) is 6.93. The van der Waals surface area contributed by atoms with E-state index >= 15 is 0 Å². The van der Waals surface area contributed by atoms with Crippen LogP contribution in [-0.4, -0.2) is 24.3 Å². The highest BCUT2D eigenvalue weighted by Gasteiger charge is 2.19. The molecule has 2 aromatic rings. The van der Waals surface area contributed by atoms with E-state index in [-0.39, 0.29) is 15.7 Å². The van der Waals surface area contributed by atoms with Gasteiger partial charge in [0, 0.05) is 23.4 Å². The van der Waals surface area contributed by atoms with Crippen molar-refractivity contribution in [3.63, 3.8) is 0 Å². The van der Waals surface area contributed by atoms with E-state index in [0.717, 1.165) is 17.8 Å². The molecule has 2 rings (SSSR count). The highest BCUT2D eigenvalue weighted by Crippen LogP contribution is 2.27. The van der Waals surface area contributed by atoms with Crippen LogP contribution in [0.1, 0.15) is 0 Å². The van der Waals surface area contributed by atoms with Crippen molar-refractivity contribution in [2.75, 3.05) is 6.26 Å². The van der Waals surface area contributed by atoms with Gasteiger partial charge < -0.3 is 0 Å². The van der Waals surface area contributed by atoms with Crippen molar-refractivity contribution in [2.24, 2.45) is 0 Å². The Hall–Kier alpha value is -1.34. The highest BCUT2D eigenvalue weighted by atomic mass is 32.2. The molecule has 7 heteroatoms. The fraction of sp³-hybridized carbons (Fsp3) is 0.111. The molecule has 4 nitrogen and oxygen atoms in total. The van der Waals surface area contributed by atoms with Gasteiger partial charge in [-0.15, -0.1) is 5.10 Å². The van der Waals surface area contributed by atoms with Crippen LogP contribution in [0.15, 0.2) is 28.5 Å². The van der Waals surface area contributed by atoms with Crippen LogP contribution < -0.4 is 0 Å². The van der Waals surface area contributed by atoms with Crippen molar-refractivity contribution in [1.82, 2.24) is 9.59 Å². The second kappa shape index (κ2) is 3.91. The van der Waals surface area contributed by atoms with E-state index in [1.165, 1.54) is 24.3 Å². The van der Waals surface area contributed by atoms with Crippen LogP contribution in [0.4, 0.5) is 4.39 Å². The standard InChI is InChI=1S/C9H7FN2O2S2/c1-16(13,14)9-8(11-12-15-9)6-2-4-7(10)5-3-6/h2-5H,1H3. The highest BCUT2D eigenvalue weighted by molar-refractivity contribution is 7.92. The Labute approximate surface area is 95.8 Å². The second-order valence-electron chi connectivity index (χ2n) is 3.19. The molecular formula is C9H7FN2O2S2. The third kappa shape index (κ3) is 2.10. The fourth-order valence-electron chi connectivity index (χ4n) is 1.21. The summed E-state index contributed by atoms with van der Waals surface area (Å²) in [4.78, 5) is 0. The van der Waals surface area contributed by atoms with E-state index in [4.69, 9.17) is 0 Å². The summed E-state index contributed by atoms with van der Waals surface area (Å²) in [6.07, 6.45) is 1.09. The minimum atomic E-state index is -3.35. The quantitative estimate of drug-likeness (QED) is 0.823. The van der Waals surface area contributed by atoms with Crippen molar-refractivity contribution in [2.45, 2.75) is 4.21 Å². The summed E-state index contributed by atoms with van der Waals surface area (Å²) >= 11 is 0.813. The minimum Gasteiger partial charge on any atom is -0.223 e. The van der Waals surface area contributed by atoms with Gasteiger partial charge in [0.05, 0.1) is 0 Å². The summed E-state index contributed by atoms with van der Waals surface area (Å²) < 4.78 is 39.2.